The number of hydrogen-bond donors (Lipinski definition) is 1. The normalized spacial score (nSPS) is 19.3. The van der Waals surface area contributed by atoms with Crippen molar-refractivity contribution >= 4 is 5.97 Å². The molecule has 110 valence electrons. The first-order valence-electron chi connectivity index (χ1n) is 7.66. The number of carbonyl (C=O) groups excluding carboxylic acids is 1. The molecule has 1 saturated carbocycles. The van der Waals surface area contributed by atoms with Crippen molar-refractivity contribution in [1.29, 1.82) is 0 Å². The van der Waals surface area contributed by atoms with E-state index in [2.05, 4.69) is 0 Å². The number of rotatable bonds is 5. The lowest BCUT2D eigenvalue weighted by Crippen LogP contribution is -2.43. The molecule has 0 heterocycles. The van der Waals surface area contributed by atoms with Crippen molar-refractivity contribution in [3.8, 4) is 0 Å². The summed E-state index contributed by atoms with van der Waals surface area (Å²) in [6.45, 7) is 2.00. The average Bonchev–Trinajstić information content (AvgIpc) is 2.49. The second-order valence-corrected chi connectivity index (χ2v) is 5.69. The highest BCUT2D eigenvalue weighted by Gasteiger charge is 2.40. The number of ether oxygens (including phenoxy) is 1. The van der Waals surface area contributed by atoms with Crippen molar-refractivity contribution in [2.24, 2.45) is 5.92 Å². The molecule has 1 aromatic carbocycles. The van der Waals surface area contributed by atoms with Gasteiger partial charge in [-0.1, -0.05) is 44.4 Å². The van der Waals surface area contributed by atoms with Gasteiger partial charge in [-0.05, 0) is 31.4 Å². The molecule has 1 atom stereocenters. The van der Waals surface area contributed by atoms with E-state index in [-0.39, 0.29) is 5.92 Å². The second-order valence-electron chi connectivity index (χ2n) is 5.69. The first-order chi connectivity index (χ1) is 9.65. The van der Waals surface area contributed by atoms with Crippen LogP contribution in [0.3, 0.4) is 0 Å². The van der Waals surface area contributed by atoms with Crippen LogP contribution in [0, 0.1) is 5.92 Å². The molecule has 1 aliphatic carbocycles. The van der Waals surface area contributed by atoms with Crippen molar-refractivity contribution in [2.75, 3.05) is 0 Å². The van der Waals surface area contributed by atoms with Gasteiger partial charge in [0.2, 0.25) is 5.79 Å². The quantitative estimate of drug-likeness (QED) is 0.655. The maximum Gasteiger partial charge on any atom is 0.340 e. The van der Waals surface area contributed by atoms with Crippen LogP contribution in [0.4, 0.5) is 0 Å². The van der Waals surface area contributed by atoms with Gasteiger partial charge in [0, 0.05) is 12.3 Å². The first kappa shape index (κ1) is 15.0. The van der Waals surface area contributed by atoms with Gasteiger partial charge in [0.1, 0.15) is 0 Å². The van der Waals surface area contributed by atoms with Gasteiger partial charge >= 0.3 is 5.97 Å². The SMILES string of the molecule is CCCC(O)(OC(=O)c1ccccc1)C1CCCCC1. The Bertz CT molecular complexity index is 423. The molecule has 3 nitrogen and oxygen atoms in total. The van der Waals surface area contributed by atoms with E-state index in [1.807, 2.05) is 13.0 Å². The van der Waals surface area contributed by atoms with E-state index in [4.69, 9.17) is 4.74 Å². The summed E-state index contributed by atoms with van der Waals surface area (Å²) in [7, 11) is 0. The van der Waals surface area contributed by atoms with E-state index >= 15 is 0 Å². The molecule has 0 bridgehead atoms. The van der Waals surface area contributed by atoms with Gasteiger partial charge < -0.3 is 9.84 Å². The van der Waals surface area contributed by atoms with E-state index in [1.165, 1.54) is 6.42 Å². The first-order valence-corrected chi connectivity index (χ1v) is 7.66. The zero-order chi connectivity index (χ0) is 14.4. The Morgan fingerprint density at radius 1 is 1.25 bits per heavy atom. The fraction of sp³-hybridized carbons (Fsp3) is 0.588. The van der Waals surface area contributed by atoms with Crippen LogP contribution in [0.2, 0.25) is 0 Å². The lowest BCUT2D eigenvalue weighted by molar-refractivity contribution is -0.211. The Kier molecular flexibility index (Phi) is 5.18. The molecule has 1 fully saturated rings. The van der Waals surface area contributed by atoms with Gasteiger partial charge in [-0.25, -0.2) is 4.79 Å². The number of benzene rings is 1. The van der Waals surface area contributed by atoms with E-state index in [0.717, 1.165) is 32.1 Å². The summed E-state index contributed by atoms with van der Waals surface area (Å²) in [5, 5.41) is 10.8. The van der Waals surface area contributed by atoms with E-state index in [1.54, 1.807) is 24.3 Å². The smallest absolute Gasteiger partial charge is 0.340 e. The summed E-state index contributed by atoms with van der Waals surface area (Å²) in [6, 6.07) is 8.90. The third kappa shape index (κ3) is 3.60. The maximum absolute atomic E-state index is 12.2. The van der Waals surface area contributed by atoms with Crippen LogP contribution in [-0.2, 0) is 4.74 Å². The molecule has 20 heavy (non-hydrogen) atoms. The highest BCUT2D eigenvalue weighted by Crippen LogP contribution is 2.36. The van der Waals surface area contributed by atoms with Gasteiger partial charge in [0.15, 0.2) is 0 Å². The Morgan fingerprint density at radius 3 is 2.50 bits per heavy atom. The highest BCUT2D eigenvalue weighted by molar-refractivity contribution is 5.89. The van der Waals surface area contributed by atoms with Gasteiger partial charge in [-0.2, -0.15) is 0 Å². The molecule has 2 rings (SSSR count). The lowest BCUT2D eigenvalue weighted by atomic mass is 9.81. The Morgan fingerprint density at radius 2 is 1.90 bits per heavy atom. The van der Waals surface area contributed by atoms with Crippen LogP contribution in [0.1, 0.15) is 62.2 Å². The van der Waals surface area contributed by atoms with Crippen LogP contribution >= 0.6 is 0 Å². The molecular weight excluding hydrogens is 252 g/mol. The minimum absolute atomic E-state index is 0.0730. The maximum atomic E-state index is 12.2. The fourth-order valence-corrected chi connectivity index (χ4v) is 3.04. The van der Waals surface area contributed by atoms with Gasteiger partial charge in [-0.3, -0.25) is 0 Å². The van der Waals surface area contributed by atoms with Crippen molar-refractivity contribution in [1.82, 2.24) is 0 Å². The van der Waals surface area contributed by atoms with Gasteiger partial charge in [-0.15, -0.1) is 0 Å². The van der Waals surface area contributed by atoms with Crippen LogP contribution in [-0.4, -0.2) is 16.9 Å². The molecule has 3 heteroatoms. The molecule has 1 N–H and O–H groups in total. The van der Waals surface area contributed by atoms with E-state index in [0.29, 0.717) is 12.0 Å². The molecular formula is C17H24O3. The summed E-state index contributed by atoms with van der Waals surface area (Å²) >= 11 is 0. The Balaban J connectivity index is 2.09. The molecule has 1 unspecified atom stereocenters. The predicted molar refractivity (Wildman–Crippen MR) is 78.3 cm³/mol. The molecule has 0 amide bonds. The minimum Gasteiger partial charge on any atom is -0.429 e. The fourth-order valence-electron chi connectivity index (χ4n) is 3.04. The predicted octanol–water partition coefficient (Wildman–Crippen LogP) is 3.91. The molecule has 1 aliphatic rings. The average molecular weight is 276 g/mol. The third-order valence-corrected chi connectivity index (χ3v) is 4.13. The number of carbonyl (C=O) groups is 1. The highest BCUT2D eigenvalue weighted by atomic mass is 16.7. The summed E-state index contributed by atoms with van der Waals surface area (Å²) in [4.78, 5) is 12.2. The van der Waals surface area contributed by atoms with E-state index in [9.17, 15) is 9.90 Å². The summed E-state index contributed by atoms with van der Waals surface area (Å²) in [6.07, 6.45) is 6.63. The van der Waals surface area contributed by atoms with Gasteiger partial charge in [0.05, 0.1) is 5.56 Å². The van der Waals surface area contributed by atoms with Crippen LogP contribution < -0.4 is 0 Å². The zero-order valence-corrected chi connectivity index (χ0v) is 12.2. The molecule has 0 spiro atoms. The van der Waals surface area contributed by atoms with Crippen molar-refractivity contribution in [3.05, 3.63) is 35.9 Å². The second kappa shape index (κ2) is 6.89. The topological polar surface area (TPSA) is 46.5 Å². The van der Waals surface area contributed by atoms with Gasteiger partial charge in [0.25, 0.3) is 0 Å². The van der Waals surface area contributed by atoms with Crippen LogP contribution in [0.15, 0.2) is 30.3 Å². The molecule has 0 radical (unpaired) electrons. The summed E-state index contributed by atoms with van der Waals surface area (Å²) in [5.41, 5.74) is 0.498. The number of aliphatic hydroxyl groups is 1. The molecule has 0 aliphatic heterocycles. The summed E-state index contributed by atoms with van der Waals surface area (Å²) < 4.78 is 5.52. The lowest BCUT2D eigenvalue weighted by Gasteiger charge is -2.37. The zero-order valence-electron chi connectivity index (χ0n) is 12.2. The summed E-state index contributed by atoms with van der Waals surface area (Å²) in [5.74, 6) is -1.65. The van der Waals surface area contributed by atoms with E-state index < -0.39 is 11.8 Å². The van der Waals surface area contributed by atoms with Crippen molar-refractivity contribution < 1.29 is 14.6 Å². The van der Waals surface area contributed by atoms with Crippen LogP contribution in [0.25, 0.3) is 0 Å². The largest absolute Gasteiger partial charge is 0.429 e. The number of hydrogen-bond acceptors (Lipinski definition) is 3. The Labute approximate surface area is 121 Å². The standard InChI is InChI=1S/C17H24O3/c1-2-13-17(19,15-11-7-4-8-12-15)20-16(18)14-9-5-3-6-10-14/h3,5-6,9-10,15,19H,2,4,7-8,11-13H2,1H3. The minimum atomic E-state index is -1.30. The third-order valence-electron chi connectivity index (χ3n) is 4.13. The monoisotopic (exact) mass is 276 g/mol. The van der Waals surface area contributed by atoms with Crippen molar-refractivity contribution in [2.45, 2.75) is 57.7 Å². The molecule has 0 saturated heterocycles. The molecule has 0 aromatic heterocycles. The molecule has 1 aromatic rings. The van der Waals surface area contributed by atoms with Crippen LogP contribution in [0.5, 0.6) is 0 Å². The number of esters is 1. The van der Waals surface area contributed by atoms with Crippen molar-refractivity contribution in [3.63, 3.8) is 0 Å². The Hall–Kier alpha value is -1.35.